The van der Waals surface area contributed by atoms with E-state index in [0.717, 1.165) is 36.3 Å². The zero-order valence-corrected chi connectivity index (χ0v) is 21.9. The predicted molar refractivity (Wildman–Crippen MR) is 138 cm³/mol. The maximum absolute atomic E-state index is 11.8. The first-order chi connectivity index (χ1) is 16.1. The summed E-state index contributed by atoms with van der Waals surface area (Å²) in [5.41, 5.74) is 8.10. The molecule has 0 spiro atoms. The van der Waals surface area contributed by atoms with E-state index >= 15 is 0 Å². The molecule has 0 aromatic heterocycles. The third kappa shape index (κ3) is 5.97. The van der Waals surface area contributed by atoms with Crippen LogP contribution in [0.2, 0.25) is 0 Å². The molecule has 1 aliphatic heterocycles. The molecule has 2 atom stereocenters. The Balaban J connectivity index is 2.01. The molecule has 0 saturated heterocycles. The molecule has 5 nitrogen and oxygen atoms in total. The zero-order valence-electron chi connectivity index (χ0n) is 21.9. The van der Waals surface area contributed by atoms with Crippen molar-refractivity contribution in [1.82, 2.24) is 0 Å². The predicted octanol–water partition coefficient (Wildman–Crippen LogP) is 6.73. The summed E-state index contributed by atoms with van der Waals surface area (Å²) in [6.45, 7) is 12.4. The van der Waals surface area contributed by atoms with Crippen LogP contribution < -0.4 is 15.2 Å². The quantitative estimate of drug-likeness (QED) is 0.330. The molecule has 3 N–H and O–H groups in total. The number of allylic oxidation sites excluding steroid dienone is 1. The number of carboxylic acid groups (broad SMARTS) is 1. The number of carbonyl (C=O) groups is 1. The first-order valence-electron chi connectivity index (χ1n) is 13.2. The van der Waals surface area contributed by atoms with Gasteiger partial charge >= 0.3 is 5.97 Å². The van der Waals surface area contributed by atoms with Crippen molar-refractivity contribution in [2.75, 3.05) is 13.2 Å². The van der Waals surface area contributed by atoms with Crippen LogP contribution in [0.4, 0.5) is 0 Å². The Morgan fingerprint density at radius 2 is 1.97 bits per heavy atom. The number of ether oxygens (including phenoxy) is 2. The summed E-state index contributed by atoms with van der Waals surface area (Å²) in [4.78, 5) is 11.8. The number of carboxylic acids is 1. The highest BCUT2D eigenvalue weighted by atomic mass is 16.5. The van der Waals surface area contributed by atoms with Crippen LogP contribution in [-0.4, -0.2) is 29.8 Å². The van der Waals surface area contributed by atoms with Crippen molar-refractivity contribution in [1.29, 1.82) is 0 Å². The molecule has 0 fully saturated rings. The third-order valence-electron chi connectivity index (χ3n) is 7.85. The van der Waals surface area contributed by atoms with Crippen molar-refractivity contribution in [2.24, 2.45) is 11.7 Å². The topological polar surface area (TPSA) is 81.8 Å². The second-order valence-corrected chi connectivity index (χ2v) is 11.3. The van der Waals surface area contributed by atoms with Crippen molar-refractivity contribution in [3.63, 3.8) is 0 Å². The van der Waals surface area contributed by atoms with Crippen LogP contribution in [0.25, 0.3) is 0 Å². The highest BCUT2D eigenvalue weighted by Crippen LogP contribution is 2.55. The minimum Gasteiger partial charge on any atom is -0.493 e. The molecule has 2 aliphatic rings. The molecule has 0 radical (unpaired) electrons. The average Bonchev–Trinajstić information content (AvgIpc) is 2.78. The van der Waals surface area contributed by atoms with E-state index in [0.29, 0.717) is 31.6 Å². The summed E-state index contributed by atoms with van der Waals surface area (Å²) in [5.74, 6) is 1.19. The molecule has 190 valence electrons. The van der Waals surface area contributed by atoms with Gasteiger partial charge in [0.2, 0.25) is 0 Å². The maximum atomic E-state index is 11.8. The fourth-order valence-corrected chi connectivity index (χ4v) is 5.63. The summed E-state index contributed by atoms with van der Waals surface area (Å²) >= 11 is 0. The van der Waals surface area contributed by atoms with Crippen molar-refractivity contribution >= 4 is 5.97 Å². The molecule has 0 amide bonds. The third-order valence-corrected chi connectivity index (χ3v) is 7.85. The van der Waals surface area contributed by atoms with Crippen molar-refractivity contribution in [3.05, 3.63) is 34.9 Å². The molecule has 1 aliphatic carbocycles. The van der Waals surface area contributed by atoms with E-state index in [9.17, 15) is 9.90 Å². The molecule has 34 heavy (non-hydrogen) atoms. The number of hydrogen-bond acceptors (Lipinski definition) is 4. The van der Waals surface area contributed by atoms with Crippen molar-refractivity contribution in [3.8, 4) is 11.5 Å². The fourth-order valence-electron chi connectivity index (χ4n) is 5.63. The molecule has 1 aromatic carbocycles. The Morgan fingerprint density at radius 1 is 1.21 bits per heavy atom. The van der Waals surface area contributed by atoms with Crippen LogP contribution in [0.3, 0.4) is 0 Å². The number of hydrogen-bond donors (Lipinski definition) is 2. The van der Waals surface area contributed by atoms with Gasteiger partial charge in [0.1, 0.15) is 17.1 Å². The average molecular weight is 472 g/mol. The molecule has 3 rings (SSSR count). The number of nitrogens with two attached hydrogens (primary N) is 1. The van der Waals surface area contributed by atoms with Gasteiger partial charge in [0.25, 0.3) is 0 Å². The molecule has 0 bridgehead atoms. The Morgan fingerprint density at radius 3 is 2.65 bits per heavy atom. The molecule has 1 heterocycles. The van der Waals surface area contributed by atoms with Crippen LogP contribution >= 0.6 is 0 Å². The Kier molecular flexibility index (Phi) is 8.72. The molecule has 1 aromatic rings. The van der Waals surface area contributed by atoms with Crippen LogP contribution in [-0.2, 0) is 10.2 Å². The van der Waals surface area contributed by atoms with Gasteiger partial charge in [-0.15, -0.1) is 0 Å². The summed E-state index contributed by atoms with van der Waals surface area (Å²) < 4.78 is 13.1. The zero-order chi connectivity index (χ0) is 24.9. The van der Waals surface area contributed by atoms with E-state index in [1.807, 2.05) is 6.08 Å². The van der Waals surface area contributed by atoms with Gasteiger partial charge in [0.05, 0.1) is 6.61 Å². The van der Waals surface area contributed by atoms with Gasteiger partial charge in [-0.1, -0.05) is 52.5 Å². The maximum Gasteiger partial charge on any atom is 0.331 e. The minimum atomic E-state index is -0.820. The normalized spacial score (nSPS) is 21.2. The highest BCUT2D eigenvalue weighted by Gasteiger charge is 2.47. The largest absolute Gasteiger partial charge is 0.493 e. The summed E-state index contributed by atoms with van der Waals surface area (Å²) in [7, 11) is 0. The lowest BCUT2D eigenvalue weighted by Crippen LogP contribution is -2.46. The van der Waals surface area contributed by atoms with Gasteiger partial charge in [0, 0.05) is 23.0 Å². The summed E-state index contributed by atoms with van der Waals surface area (Å²) in [6.07, 6.45) is 11.0. The van der Waals surface area contributed by atoms with E-state index in [-0.39, 0.29) is 22.9 Å². The first-order valence-corrected chi connectivity index (χ1v) is 13.2. The van der Waals surface area contributed by atoms with Gasteiger partial charge in [-0.3, -0.25) is 0 Å². The number of aliphatic carboxylic acids is 1. The second-order valence-electron chi connectivity index (χ2n) is 11.3. The van der Waals surface area contributed by atoms with Gasteiger partial charge < -0.3 is 20.3 Å². The lowest BCUT2D eigenvalue weighted by atomic mass is 9.66. The van der Waals surface area contributed by atoms with E-state index in [1.165, 1.54) is 31.2 Å². The van der Waals surface area contributed by atoms with Gasteiger partial charge in [0.15, 0.2) is 0 Å². The van der Waals surface area contributed by atoms with E-state index in [1.54, 1.807) is 0 Å². The molecule has 5 heteroatoms. The molecular weight excluding hydrogens is 426 g/mol. The van der Waals surface area contributed by atoms with Crippen molar-refractivity contribution in [2.45, 2.75) is 109 Å². The standard InChI is InChI=1S/C29H45NO4/c1-6-7-8-9-14-28(2,3)21-18-24(33-16-11-10-15-30)26-22-17-20(27(31)32)12-13-23(22)29(4,5)34-25(26)19-21/h12,18-19,22-23H,6-11,13-17,30H2,1-5H3,(H,31,32)/t22-,23-/m1/s1. The van der Waals surface area contributed by atoms with E-state index in [4.69, 9.17) is 15.2 Å². The van der Waals surface area contributed by atoms with Crippen LogP contribution in [0.1, 0.15) is 109 Å². The highest BCUT2D eigenvalue weighted by molar-refractivity contribution is 5.87. The lowest BCUT2D eigenvalue weighted by Gasteiger charge is -2.47. The summed E-state index contributed by atoms with van der Waals surface area (Å²) in [5, 5.41) is 9.71. The summed E-state index contributed by atoms with van der Waals surface area (Å²) in [6, 6.07) is 4.41. The van der Waals surface area contributed by atoms with E-state index in [2.05, 4.69) is 46.8 Å². The first kappa shape index (κ1) is 26.6. The Hall–Kier alpha value is -2.01. The lowest BCUT2D eigenvalue weighted by molar-refractivity contribution is -0.133. The Bertz CT molecular complexity index is 886. The molecule has 0 unspecified atom stereocenters. The van der Waals surface area contributed by atoms with Crippen LogP contribution in [0.15, 0.2) is 23.8 Å². The smallest absolute Gasteiger partial charge is 0.331 e. The fraction of sp³-hybridized carbons (Fsp3) is 0.690. The van der Waals surface area contributed by atoms with Gasteiger partial charge in [-0.25, -0.2) is 4.79 Å². The van der Waals surface area contributed by atoms with E-state index < -0.39 is 5.97 Å². The monoisotopic (exact) mass is 471 g/mol. The molecule has 0 saturated carbocycles. The number of benzene rings is 1. The minimum absolute atomic E-state index is 0.00117. The Labute approximate surface area is 206 Å². The molecular formula is C29H45NO4. The van der Waals surface area contributed by atoms with Crippen LogP contribution in [0, 0.1) is 5.92 Å². The van der Waals surface area contributed by atoms with Crippen molar-refractivity contribution < 1.29 is 19.4 Å². The second kappa shape index (κ2) is 11.2. The van der Waals surface area contributed by atoms with Gasteiger partial charge in [-0.2, -0.15) is 0 Å². The number of rotatable bonds is 12. The van der Waals surface area contributed by atoms with Gasteiger partial charge in [-0.05, 0) is 75.6 Å². The SMILES string of the molecule is CCCCCCC(C)(C)c1cc(OCCCCN)c2c(c1)OC(C)(C)[C@@H]1CC=C(C(=O)O)C[C@@H]21. The number of unbranched alkanes of at least 4 members (excludes halogenated alkanes) is 4. The number of fused-ring (bicyclic) bond motifs is 3. The van der Waals surface area contributed by atoms with Crippen LogP contribution in [0.5, 0.6) is 11.5 Å².